The van der Waals surface area contributed by atoms with E-state index in [1.54, 1.807) is 4.90 Å². The van der Waals surface area contributed by atoms with Gasteiger partial charge in [-0.1, -0.05) is 30.3 Å². The summed E-state index contributed by atoms with van der Waals surface area (Å²) >= 11 is 0. The van der Waals surface area contributed by atoms with E-state index in [4.69, 9.17) is 4.74 Å². The Labute approximate surface area is 146 Å². The average Bonchev–Trinajstić information content (AvgIpc) is 2.61. The normalized spacial score (nSPS) is 29.0. The van der Waals surface area contributed by atoms with Gasteiger partial charge in [-0.15, -0.1) is 0 Å². The zero-order chi connectivity index (χ0) is 18.0. The smallest absolute Gasteiger partial charge is 0.325 e. The minimum absolute atomic E-state index is 0.174. The van der Waals surface area contributed by atoms with Crippen LogP contribution in [0.3, 0.4) is 0 Å². The minimum atomic E-state index is -0.464. The number of fused-ring (bicyclic) bond motifs is 1. The van der Waals surface area contributed by atoms with Gasteiger partial charge in [0.15, 0.2) is 0 Å². The second kappa shape index (κ2) is 7.23. The van der Waals surface area contributed by atoms with E-state index in [0.717, 1.165) is 5.56 Å². The second-order valence-electron chi connectivity index (χ2n) is 6.60. The number of rotatable bonds is 4. The molecule has 1 aromatic rings. The summed E-state index contributed by atoms with van der Waals surface area (Å²) in [5.41, 5.74) is 1.13. The van der Waals surface area contributed by atoms with Crippen molar-refractivity contribution in [3.63, 3.8) is 0 Å². The fourth-order valence-corrected chi connectivity index (χ4v) is 3.65. The molecule has 3 rings (SSSR count). The summed E-state index contributed by atoms with van der Waals surface area (Å²) < 4.78 is 4.84. The number of carbonyl (C=O) groups excluding carboxylic acids is 3. The highest BCUT2D eigenvalue weighted by atomic mass is 16.5. The molecule has 25 heavy (non-hydrogen) atoms. The number of benzene rings is 1. The lowest BCUT2D eigenvalue weighted by atomic mass is 9.81. The quantitative estimate of drug-likeness (QED) is 0.792. The third kappa shape index (κ3) is 3.51. The highest BCUT2D eigenvalue weighted by molar-refractivity contribution is 5.98. The highest BCUT2D eigenvalue weighted by Crippen LogP contribution is 2.30. The number of esters is 1. The summed E-state index contributed by atoms with van der Waals surface area (Å²) in [7, 11) is 1.35. The Bertz CT molecular complexity index is 664. The van der Waals surface area contributed by atoms with Crippen molar-refractivity contribution in [2.75, 3.05) is 13.7 Å². The first-order chi connectivity index (χ1) is 12.0. The van der Waals surface area contributed by atoms with Gasteiger partial charge in [0.2, 0.25) is 5.91 Å². The van der Waals surface area contributed by atoms with E-state index in [9.17, 15) is 14.4 Å². The van der Waals surface area contributed by atoms with Crippen molar-refractivity contribution in [1.82, 2.24) is 15.5 Å². The predicted octanol–water partition coefficient (Wildman–Crippen LogP) is 0.894. The Morgan fingerprint density at radius 3 is 2.68 bits per heavy atom. The van der Waals surface area contributed by atoms with Crippen LogP contribution in [0.1, 0.15) is 18.9 Å². The van der Waals surface area contributed by atoms with Crippen LogP contribution < -0.4 is 10.6 Å². The molecular formula is C18H23N3O4. The van der Waals surface area contributed by atoms with Crippen molar-refractivity contribution < 1.29 is 19.1 Å². The van der Waals surface area contributed by atoms with Gasteiger partial charge in [0.1, 0.15) is 0 Å². The van der Waals surface area contributed by atoms with Crippen molar-refractivity contribution >= 4 is 17.9 Å². The molecule has 2 N–H and O–H groups in total. The number of hydrogen-bond acceptors (Lipinski definition) is 5. The van der Waals surface area contributed by atoms with Gasteiger partial charge in [-0.2, -0.15) is 0 Å². The Morgan fingerprint density at radius 2 is 2.00 bits per heavy atom. The van der Waals surface area contributed by atoms with Gasteiger partial charge >= 0.3 is 12.0 Å². The topological polar surface area (TPSA) is 87.7 Å². The molecule has 2 heterocycles. The van der Waals surface area contributed by atoms with E-state index in [1.807, 2.05) is 37.3 Å². The molecule has 0 aromatic heterocycles. The molecule has 0 bridgehead atoms. The molecule has 2 aliphatic heterocycles. The number of ether oxygens (including phenoxy) is 1. The van der Waals surface area contributed by atoms with Gasteiger partial charge in [-0.25, -0.2) is 4.79 Å². The molecule has 0 radical (unpaired) electrons. The van der Waals surface area contributed by atoms with Gasteiger partial charge in [0.05, 0.1) is 25.1 Å². The lowest BCUT2D eigenvalue weighted by molar-refractivity contribution is -0.150. The zero-order valence-corrected chi connectivity index (χ0v) is 14.4. The van der Waals surface area contributed by atoms with Gasteiger partial charge in [0, 0.05) is 12.6 Å². The van der Waals surface area contributed by atoms with Gasteiger partial charge < -0.3 is 9.64 Å². The standard InChI is InChI=1S/C18H23N3O4/c1-11-13(17(23)25-2)10-14-15(19-11)21(18(24)20-16(14)22)9-8-12-6-4-3-5-7-12/h3-7,11,13-15,19H,8-10H2,1-2H3,(H,20,22,24). The molecule has 0 aliphatic carbocycles. The van der Waals surface area contributed by atoms with E-state index in [0.29, 0.717) is 19.4 Å². The maximum absolute atomic E-state index is 12.3. The second-order valence-corrected chi connectivity index (χ2v) is 6.60. The Balaban J connectivity index is 1.75. The molecule has 4 unspecified atom stereocenters. The lowest BCUT2D eigenvalue weighted by Crippen LogP contribution is -2.70. The fraction of sp³-hybridized carbons (Fsp3) is 0.500. The van der Waals surface area contributed by atoms with Crippen molar-refractivity contribution in [3.05, 3.63) is 35.9 Å². The summed E-state index contributed by atoms with van der Waals surface area (Å²) in [4.78, 5) is 38.2. The van der Waals surface area contributed by atoms with Crippen LogP contribution in [0.5, 0.6) is 0 Å². The molecule has 7 nitrogen and oxygen atoms in total. The summed E-state index contributed by atoms with van der Waals surface area (Å²) in [5, 5.41) is 5.69. The number of piperidine rings is 1. The van der Waals surface area contributed by atoms with Crippen molar-refractivity contribution in [2.24, 2.45) is 11.8 Å². The van der Waals surface area contributed by atoms with Gasteiger partial charge in [-0.3, -0.25) is 20.2 Å². The zero-order valence-electron chi connectivity index (χ0n) is 14.4. The largest absolute Gasteiger partial charge is 0.469 e. The van der Waals surface area contributed by atoms with Crippen LogP contribution >= 0.6 is 0 Å². The van der Waals surface area contributed by atoms with Crippen LogP contribution in [-0.2, 0) is 20.7 Å². The number of methoxy groups -OCH3 is 1. The molecule has 1 aromatic carbocycles. The molecule has 4 atom stereocenters. The van der Waals surface area contributed by atoms with Crippen molar-refractivity contribution in [1.29, 1.82) is 0 Å². The number of hydrogen-bond donors (Lipinski definition) is 2. The molecule has 2 aliphatic rings. The maximum atomic E-state index is 12.3. The number of imide groups is 1. The molecule has 7 heteroatoms. The van der Waals surface area contributed by atoms with Crippen LogP contribution in [0.4, 0.5) is 4.79 Å². The van der Waals surface area contributed by atoms with Crippen LogP contribution in [-0.4, -0.2) is 48.7 Å². The summed E-state index contributed by atoms with van der Waals surface area (Å²) in [6.07, 6.45) is 0.662. The van der Waals surface area contributed by atoms with Crippen molar-refractivity contribution in [3.8, 4) is 0 Å². The van der Waals surface area contributed by atoms with Crippen LogP contribution in [0.2, 0.25) is 0 Å². The Kier molecular flexibility index (Phi) is 5.03. The molecule has 0 spiro atoms. The molecule has 0 saturated carbocycles. The van der Waals surface area contributed by atoms with Crippen LogP contribution in [0.15, 0.2) is 30.3 Å². The summed E-state index contributed by atoms with van der Waals surface area (Å²) in [6.45, 7) is 2.37. The molecule has 2 fully saturated rings. The third-order valence-electron chi connectivity index (χ3n) is 5.08. The summed E-state index contributed by atoms with van der Waals surface area (Å²) in [6, 6.07) is 9.32. The fourth-order valence-electron chi connectivity index (χ4n) is 3.65. The molecule has 134 valence electrons. The first kappa shape index (κ1) is 17.4. The molecule has 3 amide bonds. The highest BCUT2D eigenvalue weighted by Gasteiger charge is 2.48. The minimum Gasteiger partial charge on any atom is -0.469 e. The van der Waals surface area contributed by atoms with E-state index in [2.05, 4.69) is 10.6 Å². The number of amides is 3. The van der Waals surface area contributed by atoms with Crippen LogP contribution in [0.25, 0.3) is 0 Å². The van der Waals surface area contributed by atoms with E-state index in [-0.39, 0.29) is 17.9 Å². The van der Waals surface area contributed by atoms with E-state index >= 15 is 0 Å². The SMILES string of the molecule is COC(=O)C1CC2C(=O)NC(=O)N(CCc3ccccc3)C2NC1C. The number of urea groups is 1. The Hall–Kier alpha value is -2.41. The van der Waals surface area contributed by atoms with E-state index < -0.39 is 24.0 Å². The number of nitrogens with zero attached hydrogens (tertiary/aromatic N) is 1. The third-order valence-corrected chi connectivity index (χ3v) is 5.08. The monoisotopic (exact) mass is 345 g/mol. The number of carbonyl (C=O) groups is 3. The van der Waals surface area contributed by atoms with Gasteiger partial charge in [-0.05, 0) is 25.3 Å². The number of nitrogens with one attached hydrogen (secondary N) is 2. The summed E-state index contributed by atoms with van der Waals surface area (Å²) in [5.74, 6) is -1.53. The molecular weight excluding hydrogens is 322 g/mol. The Morgan fingerprint density at radius 1 is 1.28 bits per heavy atom. The lowest BCUT2D eigenvalue weighted by Gasteiger charge is -2.47. The van der Waals surface area contributed by atoms with Crippen molar-refractivity contribution in [2.45, 2.75) is 32.0 Å². The first-order valence-electron chi connectivity index (χ1n) is 8.50. The molecule has 2 saturated heterocycles. The van der Waals surface area contributed by atoms with E-state index in [1.165, 1.54) is 7.11 Å². The van der Waals surface area contributed by atoms with Gasteiger partial charge in [0.25, 0.3) is 0 Å². The maximum Gasteiger partial charge on any atom is 0.325 e. The average molecular weight is 345 g/mol. The first-order valence-corrected chi connectivity index (χ1v) is 8.50. The predicted molar refractivity (Wildman–Crippen MR) is 90.4 cm³/mol. The van der Waals surface area contributed by atoms with Crippen LogP contribution in [0, 0.1) is 11.8 Å².